The summed E-state index contributed by atoms with van der Waals surface area (Å²) in [6, 6.07) is 6.46. The standard InChI is InChI=1S/C31H23F6N9O2/c32-15-3-12(4-16(33)7-15)5-20(42-21(47)10-45-26-23(25(44-45)27(34)35)18-8-19(18)31(26,36)37)24-22(28(38)46-30(43-24)40-11-41-46)13-1-2-14-9-39-29(48)17(14)6-13/h1-4,6-7,11,18-20,27H,5,8-10,38H2,(H,39,48)(H,42,47)/t18-,19+,20?/m0/s1. The third kappa shape index (κ3) is 4.66. The molecule has 17 heteroatoms. The number of hydrogen-bond donors (Lipinski definition) is 3. The van der Waals surface area contributed by atoms with Gasteiger partial charge in [0.15, 0.2) is 0 Å². The van der Waals surface area contributed by atoms with Crippen molar-refractivity contribution in [3.63, 3.8) is 0 Å². The van der Waals surface area contributed by atoms with Gasteiger partial charge in [-0.25, -0.2) is 22.5 Å². The number of nitrogen functional groups attached to an aromatic ring is 1. The maximum Gasteiger partial charge on any atom is 0.293 e. The van der Waals surface area contributed by atoms with E-state index in [4.69, 9.17) is 5.73 Å². The third-order valence-electron chi connectivity index (χ3n) is 9.06. The number of benzene rings is 2. The minimum atomic E-state index is -3.46. The molecule has 4 N–H and O–H groups in total. The molecule has 5 aromatic rings. The number of nitrogens with one attached hydrogen (secondary N) is 2. The lowest BCUT2D eigenvalue weighted by atomic mass is 9.94. The summed E-state index contributed by atoms with van der Waals surface area (Å²) in [5.74, 6) is -8.40. The second-order valence-electron chi connectivity index (χ2n) is 12.1. The lowest BCUT2D eigenvalue weighted by Crippen LogP contribution is -2.35. The van der Waals surface area contributed by atoms with Crippen LogP contribution in [-0.4, -0.2) is 41.2 Å². The number of carbonyl (C=O) groups is 2. The van der Waals surface area contributed by atoms with Gasteiger partial charge in [-0.15, -0.1) is 0 Å². The van der Waals surface area contributed by atoms with Gasteiger partial charge in [-0.1, -0.05) is 12.1 Å². The van der Waals surface area contributed by atoms with Gasteiger partial charge in [-0.2, -0.15) is 28.5 Å². The molecule has 2 aromatic carbocycles. The van der Waals surface area contributed by atoms with Crippen LogP contribution >= 0.6 is 0 Å². The first-order valence-electron chi connectivity index (χ1n) is 14.8. The van der Waals surface area contributed by atoms with E-state index in [-0.39, 0.29) is 52.7 Å². The van der Waals surface area contributed by atoms with Gasteiger partial charge in [0.05, 0.1) is 11.7 Å². The molecule has 0 bridgehead atoms. The van der Waals surface area contributed by atoms with E-state index in [0.717, 1.165) is 17.7 Å². The number of alkyl halides is 4. The van der Waals surface area contributed by atoms with E-state index in [1.165, 1.54) is 10.8 Å². The van der Waals surface area contributed by atoms with Crippen molar-refractivity contribution in [2.75, 3.05) is 5.73 Å². The number of amides is 2. The van der Waals surface area contributed by atoms with Crippen molar-refractivity contribution in [3.05, 3.63) is 93.7 Å². The van der Waals surface area contributed by atoms with Crippen LogP contribution in [-0.2, 0) is 30.2 Å². The summed E-state index contributed by atoms with van der Waals surface area (Å²) in [6.45, 7) is -0.555. The van der Waals surface area contributed by atoms with E-state index >= 15 is 8.78 Å². The molecule has 3 aliphatic rings. The summed E-state index contributed by atoms with van der Waals surface area (Å²) >= 11 is 0. The number of anilines is 1. The lowest BCUT2D eigenvalue weighted by Gasteiger charge is -2.23. The van der Waals surface area contributed by atoms with Crippen LogP contribution in [0.3, 0.4) is 0 Å². The molecule has 1 aliphatic heterocycles. The Morgan fingerprint density at radius 3 is 2.65 bits per heavy atom. The largest absolute Gasteiger partial charge is 0.383 e. The molecule has 3 aromatic heterocycles. The predicted molar refractivity (Wildman–Crippen MR) is 155 cm³/mol. The van der Waals surface area contributed by atoms with Crippen molar-refractivity contribution in [1.82, 2.24) is 40.0 Å². The van der Waals surface area contributed by atoms with Gasteiger partial charge in [-0.05, 0) is 53.6 Å². The maximum absolute atomic E-state index is 15.2. The lowest BCUT2D eigenvalue weighted by molar-refractivity contribution is -0.123. The maximum atomic E-state index is 15.2. The molecule has 0 radical (unpaired) electrons. The van der Waals surface area contributed by atoms with Crippen LogP contribution in [0.15, 0.2) is 42.7 Å². The summed E-state index contributed by atoms with van der Waals surface area (Å²) in [6.07, 6.45) is -2.18. The molecule has 11 nitrogen and oxygen atoms in total. The first-order chi connectivity index (χ1) is 22.9. The third-order valence-corrected chi connectivity index (χ3v) is 9.06. The number of rotatable bonds is 8. The number of nitrogens with zero attached hydrogens (tertiary/aromatic N) is 6. The summed E-state index contributed by atoms with van der Waals surface area (Å²) in [5, 5.41) is 13.2. The number of carbonyl (C=O) groups excluding carboxylic acids is 2. The highest BCUT2D eigenvalue weighted by Crippen LogP contribution is 2.68. The highest BCUT2D eigenvalue weighted by atomic mass is 19.3. The topological polar surface area (TPSA) is 145 Å². The van der Waals surface area contributed by atoms with Gasteiger partial charge in [0.2, 0.25) is 5.91 Å². The Morgan fingerprint density at radius 2 is 1.90 bits per heavy atom. The number of aromatic nitrogens is 6. The average molecular weight is 668 g/mol. The summed E-state index contributed by atoms with van der Waals surface area (Å²) in [5.41, 5.74) is 6.65. The molecule has 48 heavy (non-hydrogen) atoms. The fourth-order valence-electron chi connectivity index (χ4n) is 6.93. The Balaban J connectivity index is 1.23. The Bertz CT molecular complexity index is 2160. The van der Waals surface area contributed by atoms with E-state index in [9.17, 15) is 27.2 Å². The zero-order valence-electron chi connectivity index (χ0n) is 24.5. The van der Waals surface area contributed by atoms with Crippen LogP contribution in [0.4, 0.5) is 32.2 Å². The van der Waals surface area contributed by atoms with Crippen molar-refractivity contribution < 1.29 is 35.9 Å². The Hall–Kier alpha value is -5.48. The zero-order chi connectivity index (χ0) is 33.6. The average Bonchev–Trinajstić information content (AvgIpc) is 3.26. The molecule has 1 saturated carbocycles. The highest BCUT2D eigenvalue weighted by Gasteiger charge is 2.67. The molecule has 4 heterocycles. The monoisotopic (exact) mass is 667 g/mol. The van der Waals surface area contributed by atoms with Crippen LogP contribution < -0.4 is 16.4 Å². The second-order valence-corrected chi connectivity index (χ2v) is 12.1. The van der Waals surface area contributed by atoms with Gasteiger partial charge in [0.1, 0.15) is 41.7 Å². The van der Waals surface area contributed by atoms with Gasteiger partial charge in [0.25, 0.3) is 24.0 Å². The molecule has 0 saturated heterocycles. The molecular weight excluding hydrogens is 644 g/mol. The minimum absolute atomic E-state index is 0.000151. The van der Waals surface area contributed by atoms with Crippen LogP contribution in [0.1, 0.15) is 68.9 Å². The summed E-state index contributed by atoms with van der Waals surface area (Å²) < 4.78 is 88.6. The molecule has 3 atom stereocenters. The molecule has 1 unspecified atom stereocenters. The zero-order valence-corrected chi connectivity index (χ0v) is 24.5. The van der Waals surface area contributed by atoms with Crippen molar-refractivity contribution in [2.24, 2.45) is 5.92 Å². The Labute approximate surface area is 266 Å². The van der Waals surface area contributed by atoms with E-state index in [1.807, 2.05) is 0 Å². The summed E-state index contributed by atoms with van der Waals surface area (Å²) in [4.78, 5) is 34.8. The molecule has 8 rings (SSSR count). The number of hydrogen-bond acceptors (Lipinski definition) is 7. The Kier molecular flexibility index (Phi) is 6.55. The summed E-state index contributed by atoms with van der Waals surface area (Å²) in [7, 11) is 0. The van der Waals surface area contributed by atoms with Gasteiger partial charge >= 0.3 is 0 Å². The van der Waals surface area contributed by atoms with Gasteiger partial charge < -0.3 is 16.4 Å². The molecular formula is C31H23F6N9O2. The van der Waals surface area contributed by atoms with Gasteiger partial charge in [-0.3, -0.25) is 14.3 Å². The fourth-order valence-corrected chi connectivity index (χ4v) is 6.93. The Morgan fingerprint density at radius 1 is 1.12 bits per heavy atom. The van der Waals surface area contributed by atoms with E-state index < -0.39 is 65.7 Å². The highest BCUT2D eigenvalue weighted by molar-refractivity contribution is 6.00. The number of fused-ring (bicyclic) bond motifs is 5. The molecule has 2 amide bonds. The van der Waals surface area contributed by atoms with E-state index in [1.54, 1.807) is 18.2 Å². The first-order valence-corrected chi connectivity index (χ1v) is 14.8. The number of halogens is 6. The van der Waals surface area contributed by atoms with Crippen molar-refractivity contribution in [2.45, 2.75) is 50.2 Å². The SMILES string of the molecule is Nc1c(-c2ccc3c(c2)C(=O)NC3)c(C(Cc2cc(F)cc(F)c2)NC(=O)Cn2nc(C(F)F)c3c2C(F)(F)[C@@H]2C[C@H]32)nc2ncnn12. The smallest absolute Gasteiger partial charge is 0.293 e. The number of nitrogens with two attached hydrogens (primary N) is 1. The van der Waals surface area contributed by atoms with E-state index in [0.29, 0.717) is 28.4 Å². The molecule has 246 valence electrons. The molecule has 0 spiro atoms. The van der Waals surface area contributed by atoms with Crippen LogP contribution in [0, 0.1) is 17.6 Å². The minimum Gasteiger partial charge on any atom is -0.383 e. The second kappa shape index (κ2) is 10.5. The van der Waals surface area contributed by atoms with Crippen LogP contribution in [0.25, 0.3) is 16.9 Å². The van der Waals surface area contributed by atoms with Crippen LogP contribution in [0.2, 0.25) is 0 Å². The van der Waals surface area contributed by atoms with Crippen LogP contribution in [0.5, 0.6) is 0 Å². The first kappa shape index (κ1) is 29.9. The molecule has 1 fully saturated rings. The van der Waals surface area contributed by atoms with E-state index in [2.05, 4.69) is 30.8 Å². The van der Waals surface area contributed by atoms with Gasteiger partial charge in [0, 0.05) is 35.2 Å². The normalized spacial score (nSPS) is 19.3. The fraction of sp³-hybridized carbons (Fsp3) is 0.290. The quantitative estimate of drug-likeness (QED) is 0.209. The van der Waals surface area contributed by atoms with Crippen molar-refractivity contribution >= 4 is 23.4 Å². The predicted octanol–water partition coefficient (Wildman–Crippen LogP) is 4.34. The molecule has 2 aliphatic carbocycles. The van der Waals surface area contributed by atoms with Crippen molar-refractivity contribution in [1.29, 1.82) is 0 Å². The van der Waals surface area contributed by atoms with Crippen molar-refractivity contribution in [3.8, 4) is 11.1 Å².